The third-order valence-electron chi connectivity index (χ3n) is 3.10. The average molecular weight is 271 g/mol. The smallest absolute Gasteiger partial charge is 0.259 e. The van der Waals surface area contributed by atoms with Crippen molar-refractivity contribution in [2.24, 2.45) is 0 Å². The van der Waals surface area contributed by atoms with E-state index in [1.807, 2.05) is 24.3 Å². The second-order valence-electron chi connectivity index (χ2n) is 4.46. The van der Waals surface area contributed by atoms with Crippen molar-refractivity contribution in [1.29, 1.82) is 0 Å². The fraction of sp³-hybridized carbons (Fsp3) is 0.200. The number of carbonyl (C=O) groups is 1. The molecule has 2 N–H and O–H groups in total. The van der Waals surface area contributed by atoms with Crippen LogP contribution in [0.2, 0.25) is 0 Å². The summed E-state index contributed by atoms with van der Waals surface area (Å²) >= 11 is 0. The molecule has 1 heterocycles. The number of carbonyl (C=O) groups excluding carboxylic acids is 1. The highest BCUT2D eigenvalue weighted by atomic mass is 16.5. The van der Waals surface area contributed by atoms with Gasteiger partial charge in [-0.15, -0.1) is 0 Å². The molecule has 2 rings (SSSR count). The predicted octanol–water partition coefficient (Wildman–Crippen LogP) is 2.26. The molecular formula is C15H17N3O2. The van der Waals surface area contributed by atoms with Gasteiger partial charge in [-0.2, -0.15) is 0 Å². The standard InChI is InChI=1S/C15H17N3O2/c1-10-14(8-11(16)9-17-10)15(19)18(2)12-4-6-13(20-3)7-5-12/h4-9H,16H2,1-3H3. The van der Waals surface area contributed by atoms with Crippen molar-refractivity contribution in [3.05, 3.63) is 47.8 Å². The largest absolute Gasteiger partial charge is 0.497 e. The summed E-state index contributed by atoms with van der Waals surface area (Å²) in [6.07, 6.45) is 1.54. The van der Waals surface area contributed by atoms with Crippen LogP contribution in [0.4, 0.5) is 11.4 Å². The molecule has 0 radical (unpaired) electrons. The van der Waals surface area contributed by atoms with Gasteiger partial charge < -0.3 is 15.4 Å². The summed E-state index contributed by atoms with van der Waals surface area (Å²) in [7, 11) is 3.32. The molecule has 0 saturated carbocycles. The summed E-state index contributed by atoms with van der Waals surface area (Å²) in [6, 6.07) is 8.91. The molecule has 0 spiro atoms. The number of nitrogens with zero attached hydrogens (tertiary/aromatic N) is 2. The molecule has 0 aliphatic heterocycles. The van der Waals surface area contributed by atoms with Gasteiger partial charge in [0.25, 0.3) is 5.91 Å². The van der Waals surface area contributed by atoms with Crippen molar-refractivity contribution in [2.75, 3.05) is 24.8 Å². The number of ether oxygens (including phenoxy) is 1. The molecule has 0 aliphatic carbocycles. The third-order valence-corrected chi connectivity index (χ3v) is 3.10. The normalized spacial score (nSPS) is 10.2. The minimum atomic E-state index is -0.146. The van der Waals surface area contributed by atoms with Crippen LogP contribution in [0.3, 0.4) is 0 Å². The van der Waals surface area contributed by atoms with Gasteiger partial charge in [-0.1, -0.05) is 0 Å². The summed E-state index contributed by atoms with van der Waals surface area (Å²) in [4.78, 5) is 18.1. The van der Waals surface area contributed by atoms with Gasteiger partial charge in [-0.25, -0.2) is 0 Å². The van der Waals surface area contributed by atoms with E-state index in [1.54, 1.807) is 38.2 Å². The van der Waals surface area contributed by atoms with Crippen LogP contribution in [-0.4, -0.2) is 25.0 Å². The number of anilines is 2. The average Bonchev–Trinajstić information content (AvgIpc) is 2.48. The summed E-state index contributed by atoms with van der Waals surface area (Å²) < 4.78 is 5.10. The maximum Gasteiger partial charge on any atom is 0.259 e. The molecule has 1 aromatic carbocycles. The number of rotatable bonds is 3. The van der Waals surface area contributed by atoms with E-state index in [0.29, 0.717) is 16.9 Å². The van der Waals surface area contributed by atoms with Crippen LogP contribution >= 0.6 is 0 Å². The predicted molar refractivity (Wildman–Crippen MR) is 79.1 cm³/mol. The number of hydrogen-bond acceptors (Lipinski definition) is 4. The van der Waals surface area contributed by atoms with Crippen LogP contribution in [0.1, 0.15) is 16.1 Å². The quantitative estimate of drug-likeness (QED) is 0.929. The Morgan fingerprint density at radius 1 is 1.30 bits per heavy atom. The summed E-state index contributed by atoms with van der Waals surface area (Å²) in [5.41, 5.74) is 8.10. The zero-order valence-electron chi connectivity index (χ0n) is 11.8. The minimum Gasteiger partial charge on any atom is -0.497 e. The number of aryl methyl sites for hydroxylation is 1. The fourth-order valence-electron chi connectivity index (χ4n) is 1.87. The molecule has 5 heteroatoms. The maximum absolute atomic E-state index is 12.5. The van der Waals surface area contributed by atoms with Gasteiger partial charge in [-0.05, 0) is 37.3 Å². The Morgan fingerprint density at radius 2 is 1.95 bits per heavy atom. The molecule has 0 atom stereocenters. The van der Waals surface area contributed by atoms with E-state index in [2.05, 4.69) is 4.98 Å². The Hall–Kier alpha value is -2.56. The third kappa shape index (κ3) is 2.71. The SMILES string of the molecule is COc1ccc(N(C)C(=O)c2cc(N)cnc2C)cc1. The van der Waals surface area contributed by atoms with Crippen molar-refractivity contribution in [1.82, 2.24) is 4.98 Å². The monoisotopic (exact) mass is 271 g/mol. The van der Waals surface area contributed by atoms with Crippen LogP contribution in [0.5, 0.6) is 5.75 Å². The second kappa shape index (κ2) is 5.61. The molecule has 1 aromatic heterocycles. The van der Waals surface area contributed by atoms with Crippen molar-refractivity contribution in [3.8, 4) is 5.75 Å². The molecule has 104 valence electrons. The number of nitrogen functional groups attached to an aromatic ring is 1. The molecule has 0 aliphatic rings. The molecule has 20 heavy (non-hydrogen) atoms. The van der Waals surface area contributed by atoms with Crippen LogP contribution in [0, 0.1) is 6.92 Å². The van der Waals surface area contributed by atoms with Crippen molar-refractivity contribution in [3.63, 3.8) is 0 Å². The van der Waals surface area contributed by atoms with Gasteiger partial charge in [0, 0.05) is 12.7 Å². The molecule has 1 amide bonds. The highest BCUT2D eigenvalue weighted by Gasteiger charge is 2.16. The molecule has 0 saturated heterocycles. The number of methoxy groups -OCH3 is 1. The Morgan fingerprint density at radius 3 is 2.55 bits per heavy atom. The van der Waals surface area contributed by atoms with Gasteiger partial charge in [0.2, 0.25) is 0 Å². The summed E-state index contributed by atoms with van der Waals surface area (Å²) in [5.74, 6) is 0.601. The van der Waals surface area contributed by atoms with E-state index in [1.165, 1.54) is 0 Å². The van der Waals surface area contributed by atoms with Crippen LogP contribution in [0.15, 0.2) is 36.5 Å². The molecule has 0 fully saturated rings. The number of aromatic nitrogens is 1. The lowest BCUT2D eigenvalue weighted by Gasteiger charge is -2.18. The van der Waals surface area contributed by atoms with E-state index in [9.17, 15) is 4.79 Å². The maximum atomic E-state index is 12.5. The number of amides is 1. The summed E-state index contributed by atoms with van der Waals surface area (Å²) in [5, 5.41) is 0. The molecular weight excluding hydrogens is 254 g/mol. The topological polar surface area (TPSA) is 68.5 Å². The van der Waals surface area contributed by atoms with E-state index < -0.39 is 0 Å². The first kappa shape index (κ1) is 13.9. The van der Waals surface area contributed by atoms with Crippen LogP contribution in [0.25, 0.3) is 0 Å². The van der Waals surface area contributed by atoms with Crippen molar-refractivity contribution >= 4 is 17.3 Å². The Kier molecular flexibility index (Phi) is 3.89. The molecule has 0 bridgehead atoms. The number of benzene rings is 1. The van der Waals surface area contributed by atoms with Crippen molar-refractivity contribution < 1.29 is 9.53 Å². The number of hydrogen-bond donors (Lipinski definition) is 1. The lowest BCUT2D eigenvalue weighted by molar-refractivity contribution is 0.0992. The Labute approximate surface area is 118 Å². The van der Waals surface area contributed by atoms with Crippen LogP contribution in [-0.2, 0) is 0 Å². The van der Waals surface area contributed by atoms with E-state index >= 15 is 0 Å². The zero-order chi connectivity index (χ0) is 14.7. The second-order valence-corrected chi connectivity index (χ2v) is 4.46. The minimum absolute atomic E-state index is 0.146. The molecule has 0 unspecified atom stereocenters. The highest BCUT2D eigenvalue weighted by molar-refractivity contribution is 6.06. The van der Waals surface area contributed by atoms with Gasteiger partial charge in [0.05, 0.1) is 30.3 Å². The van der Waals surface area contributed by atoms with Gasteiger partial charge >= 0.3 is 0 Å². The first-order valence-electron chi connectivity index (χ1n) is 6.17. The van der Waals surface area contributed by atoms with Gasteiger partial charge in [-0.3, -0.25) is 9.78 Å². The first-order valence-corrected chi connectivity index (χ1v) is 6.17. The van der Waals surface area contributed by atoms with Gasteiger partial charge in [0.1, 0.15) is 5.75 Å². The number of pyridine rings is 1. The fourth-order valence-corrected chi connectivity index (χ4v) is 1.87. The number of nitrogens with two attached hydrogens (primary N) is 1. The van der Waals surface area contributed by atoms with Crippen LogP contribution < -0.4 is 15.4 Å². The summed E-state index contributed by atoms with van der Waals surface area (Å²) in [6.45, 7) is 1.79. The molecule has 2 aromatic rings. The first-order chi connectivity index (χ1) is 9.52. The molecule has 5 nitrogen and oxygen atoms in total. The lowest BCUT2D eigenvalue weighted by atomic mass is 10.1. The Bertz CT molecular complexity index is 624. The lowest BCUT2D eigenvalue weighted by Crippen LogP contribution is -2.27. The van der Waals surface area contributed by atoms with E-state index in [0.717, 1.165) is 11.4 Å². The van der Waals surface area contributed by atoms with Crippen molar-refractivity contribution in [2.45, 2.75) is 6.92 Å². The highest BCUT2D eigenvalue weighted by Crippen LogP contribution is 2.21. The Balaban J connectivity index is 2.29. The van der Waals surface area contributed by atoms with Gasteiger partial charge in [0.15, 0.2) is 0 Å². The van der Waals surface area contributed by atoms with E-state index in [-0.39, 0.29) is 5.91 Å². The van der Waals surface area contributed by atoms with E-state index in [4.69, 9.17) is 10.5 Å². The zero-order valence-corrected chi connectivity index (χ0v) is 11.8.